The molecule has 2 heterocycles. The largest absolute Gasteiger partial charge is 0.396 e. The molecule has 0 amide bonds. The monoisotopic (exact) mass is 221 g/mol. The van der Waals surface area contributed by atoms with Crippen LogP contribution in [0.15, 0.2) is 18.3 Å². The highest BCUT2D eigenvalue weighted by Crippen LogP contribution is 2.26. The van der Waals surface area contributed by atoms with Gasteiger partial charge in [-0.15, -0.1) is 0 Å². The van der Waals surface area contributed by atoms with Crippen molar-refractivity contribution >= 4 is 11.5 Å². The van der Waals surface area contributed by atoms with E-state index in [1.54, 1.807) is 6.20 Å². The molecule has 0 aromatic carbocycles. The van der Waals surface area contributed by atoms with Crippen LogP contribution in [0, 0.1) is 5.92 Å². The van der Waals surface area contributed by atoms with Crippen LogP contribution in [0.5, 0.6) is 0 Å². The topological polar surface area (TPSA) is 51.4 Å². The molecule has 4 heteroatoms. The highest BCUT2D eigenvalue weighted by atomic mass is 16.5. The third kappa shape index (κ3) is 2.44. The van der Waals surface area contributed by atoms with Gasteiger partial charge in [-0.1, -0.05) is 0 Å². The molecule has 1 atom stereocenters. The summed E-state index contributed by atoms with van der Waals surface area (Å²) in [5.41, 5.74) is 6.67. The molecule has 0 saturated carbocycles. The third-order valence-corrected chi connectivity index (χ3v) is 2.96. The summed E-state index contributed by atoms with van der Waals surface area (Å²) in [6.07, 6.45) is 2.96. The molecule has 0 aliphatic carbocycles. The van der Waals surface area contributed by atoms with Gasteiger partial charge in [-0.25, -0.2) is 4.98 Å². The minimum Gasteiger partial charge on any atom is -0.396 e. The number of hydrogen-bond donors (Lipinski definition) is 1. The van der Waals surface area contributed by atoms with Crippen LogP contribution in [0.2, 0.25) is 0 Å². The minimum atomic E-state index is 0.612. The highest BCUT2D eigenvalue weighted by molar-refractivity contribution is 5.62. The molecule has 1 aromatic rings. The Morgan fingerprint density at radius 1 is 1.62 bits per heavy atom. The fourth-order valence-corrected chi connectivity index (χ4v) is 2.12. The van der Waals surface area contributed by atoms with Crippen molar-refractivity contribution in [3.8, 4) is 0 Å². The SMILES string of the molecule is CCOC[C@H]1CCN(c2ncccc2N)C1. The summed E-state index contributed by atoms with van der Waals surface area (Å²) in [5.74, 6) is 1.53. The fraction of sp³-hybridized carbons (Fsp3) is 0.583. The van der Waals surface area contributed by atoms with E-state index >= 15 is 0 Å². The van der Waals surface area contributed by atoms with Crippen LogP contribution in [0.3, 0.4) is 0 Å². The van der Waals surface area contributed by atoms with Crippen LogP contribution in [0.25, 0.3) is 0 Å². The fourth-order valence-electron chi connectivity index (χ4n) is 2.12. The lowest BCUT2D eigenvalue weighted by Gasteiger charge is -2.18. The number of ether oxygens (including phenoxy) is 1. The van der Waals surface area contributed by atoms with Gasteiger partial charge in [0.2, 0.25) is 0 Å². The van der Waals surface area contributed by atoms with Crippen LogP contribution in [-0.2, 0) is 4.74 Å². The Morgan fingerprint density at radius 3 is 3.25 bits per heavy atom. The van der Waals surface area contributed by atoms with E-state index in [-0.39, 0.29) is 0 Å². The highest BCUT2D eigenvalue weighted by Gasteiger charge is 2.24. The summed E-state index contributed by atoms with van der Waals surface area (Å²) in [6.45, 7) is 5.70. The lowest BCUT2D eigenvalue weighted by molar-refractivity contribution is 0.117. The van der Waals surface area contributed by atoms with E-state index in [2.05, 4.69) is 9.88 Å². The normalized spacial score (nSPS) is 20.3. The predicted octanol–water partition coefficient (Wildman–Crippen LogP) is 1.53. The quantitative estimate of drug-likeness (QED) is 0.837. The first-order chi connectivity index (χ1) is 7.81. The molecule has 0 bridgehead atoms. The smallest absolute Gasteiger partial charge is 0.151 e. The molecule has 1 aromatic heterocycles. The van der Waals surface area contributed by atoms with Gasteiger partial charge in [0.1, 0.15) is 0 Å². The van der Waals surface area contributed by atoms with Crippen molar-refractivity contribution in [3.63, 3.8) is 0 Å². The first-order valence-electron chi connectivity index (χ1n) is 5.84. The predicted molar refractivity (Wildman–Crippen MR) is 65.5 cm³/mol. The van der Waals surface area contributed by atoms with E-state index in [9.17, 15) is 0 Å². The number of nitrogens with two attached hydrogens (primary N) is 1. The number of nitrogen functional groups attached to an aromatic ring is 1. The van der Waals surface area contributed by atoms with Crippen molar-refractivity contribution < 1.29 is 4.74 Å². The van der Waals surface area contributed by atoms with Crippen LogP contribution in [0.1, 0.15) is 13.3 Å². The Bertz CT molecular complexity index is 343. The summed E-state index contributed by atoms with van der Waals surface area (Å²) < 4.78 is 5.45. The maximum atomic E-state index is 5.91. The number of hydrogen-bond acceptors (Lipinski definition) is 4. The summed E-state index contributed by atoms with van der Waals surface area (Å²) in [4.78, 5) is 6.58. The number of nitrogens with zero attached hydrogens (tertiary/aromatic N) is 2. The Balaban J connectivity index is 1.96. The van der Waals surface area contributed by atoms with Crippen molar-refractivity contribution in [1.29, 1.82) is 0 Å². The maximum Gasteiger partial charge on any atom is 0.151 e. The standard InChI is InChI=1S/C12H19N3O/c1-2-16-9-10-5-7-15(8-10)12-11(13)4-3-6-14-12/h3-4,6,10H,2,5,7-9,13H2,1H3/t10-/m0/s1. The van der Waals surface area contributed by atoms with Crippen LogP contribution >= 0.6 is 0 Å². The lowest BCUT2D eigenvalue weighted by atomic mass is 10.1. The Labute approximate surface area is 96.4 Å². The molecule has 16 heavy (non-hydrogen) atoms. The average molecular weight is 221 g/mol. The zero-order valence-electron chi connectivity index (χ0n) is 9.72. The second kappa shape index (κ2) is 5.16. The molecular formula is C12H19N3O. The molecule has 0 spiro atoms. The molecule has 1 fully saturated rings. The molecule has 0 unspecified atom stereocenters. The second-order valence-electron chi connectivity index (χ2n) is 4.18. The third-order valence-electron chi connectivity index (χ3n) is 2.96. The van der Waals surface area contributed by atoms with Gasteiger partial charge in [0, 0.05) is 31.8 Å². The first kappa shape index (κ1) is 11.2. The van der Waals surface area contributed by atoms with Gasteiger partial charge in [-0.3, -0.25) is 0 Å². The molecule has 2 rings (SSSR count). The molecule has 4 nitrogen and oxygen atoms in total. The Hall–Kier alpha value is -1.29. The Morgan fingerprint density at radius 2 is 2.50 bits per heavy atom. The molecule has 2 N–H and O–H groups in total. The van der Waals surface area contributed by atoms with Gasteiger partial charge in [0.25, 0.3) is 0 Å². The number of aromatic nitrogens is 1. The second-order valence-corrected chi connectivity index (χ2v) is 4.18. The molecule has 0 radical (unpaired) electrons. The van der Waals surface area contributed by atoms with Gasteiger partial charge in [0.15, 0.2) is 5.82 Å². The van der Waals surface area contributed by atoms with Crippen LogP contribution in [-0.4, -0.2) is 31.3 Å². The van der Waals surface area contributed by atoms with Gasteiger partial charge in [-0.2, -0.15) is 0 Å². The van der Waals surface area contributed by atoms with Gasteiger partial charge in [0.05, 0.1) is 12.3 Å². The van der Waals surface area contributed by atoms with Crippen molar-refractivity contribution in [2.45, 2.75) is 13.3 Å². The van der Waals surface area contributed by atoms with Crippen molar-refractivity contribution in [2.75, 3.05) is 36.9 Å². The van der Waals surface area contributed by atoms with Gasteiger partial charge < -0.3 is 15.4 Å². The molecule has 88 valence electrons. The summed E-state index contributed by atoms with van der Waals surface area (Å²) in [6, 6.07) is 3.77. The van der Waals surface area contributed by atoms with Crippen molar-refractivity contribution in [3.05, 3.63) is 18.3 Å². The van der Waals surface area contributed by atoms with Gasteiger partial charge >= 0.3 is 0 Å². The number of rotatable bonds is 4. The average Bonchev–Trinajstić information content (AvgIpc) is 2.75. The van der Waals surface area contributed by atoms with E-state index in [4.69, 9.17) is 10.5 Å². The van der Waals surface area contributed by atoms with Crippen LogP contribution in [0.4, 0.5) is 11.5 Å². The first-order valence-corrected chi connectivity index (χ1v) is 5.84. The van der Waals surface area contributed by atoms with E-state index in [0.29, 0.717) is 5.92 Å². The van der Waals surface area contributed by atoms with Gasteiger partial charge in [-0.05, 0) is 25.5 Å². The van der Waals surface area contributed by atoms with E-state index < -0.39 is 0 Å². The maximum absolute atomic E-state index is 5.91. The summed E-state index contributed by atoms with van der Waals surface area (Å²) in [5, 5.41) is 0. The number of pyridine rings is 1. The molecule has 1 aliphatic heterocycles. The lowest BCUT2D eigenvalue weighted by Crippen LogP contribution is -2.23. The molecule has 1 aliphatic rings. The Kier molecular flexibility index (Phi) is 3.62. The zero-order chi connectivity index (χ0) is 11.4. The zero-order valence-corrected chi connectivity index (χ0v) is 9.72. The van der Waals surface area contributed by atoms with E-state index in [0.717, 1.165) is 44.2 Å². The summed E-state index contributed by atoms with van der Waals surface area (Å²) >= 11 is 0. The molecule has 1 saturated heterocycles. The summed E-state index contributed by atoms with van der Waals surface area (Å²) in [7, 11) is 0. The van der Waals surface area contributed by atoms with Crippen molar-refractivity contribution in [1.82, 2.24) is 4.98 Å². The van der Waals surface area contributed by atoms with Crippen molar-refractivity contribution in [2.24, 2.45) is 5.92 Å². The van der Waals surface area contributed by atoms with Crippen LogP contribution < -0.4 is 10.6 Å². The molecular weight excluding hydrogens is 202 g/mol. The number of anilines is 2. The van der Waals surface area contributed by atoms with E-state index in [1.807, 2.05) is 19.1 Å². The minimum absolute atomic E-state index is 0.612. The van der Waals surface area contributed by atoms with E-state index in [1.165, 1.54) is 0 Å².